The molecule has 0 N–H and O–H groups in total. The molecule has 0 saturated heterocycles. The van der Waals surface area contributed by atoms with E-state index in [1.807, 2.05) is 0 Å². The fourth-order valence-electron chi connectivity index (χ4n) is 1.15. The van der Waals surface area contributed by atoms with E-state index in [0.717, 1.165) is 6.42 Å². The van der Waals surface area contributed by atoms with Gasteiger partial charge in [-0.1, -0.05) is 48.8 Å². The molecule has 1 aromatic rings. The van der Waals surface area contributed by atoms with Crippen molar-refractivity contribution < 1.29 is 0 Å². The van der Waals surface area contributed by atoms with E-state index in [9.17, 15) is 0 Å². The summed E-state index contributed by atoms with van der Waals surface area (Å²) in [5.41, 5.74) is 2.69. The highest BCUT2D eigenvalue weighted by Gasteiger charge is 2.02. The van der Waals surface area contributed by atoms with Crippen LogP contribution >= 0.6 is 15.9 Å². The number of rotatable bonds is 2. The molecule has 0 fully saturated rings. The van der Waals surface area contributed by atoms with Crippen molar-refractivity contribution in [1.82, 2.24) is 0 Å². The summed E-state index contributed by atoms with van der Waals surface area (Å²) in [7, 11) is 0. The molecule has 0 atom stereocenters. The van der Waals surface area contributed by atoms with Crippen LogP contribution in [0.5, 0.6) is 0 Å². The molecule has 0 amide bonds. The zero-order valence-corrected chi connectivity index (χ0v) is 9.40. The number of hydrogen-bond donors (Lipinski definition) is 0. The van der Waals surface area contributed by atoms with Crippen LogP contribution in [0.15, 0.2) is 22.7 Å². The molecule has 0 aliphatic rings. The number of aryl methyl sites for hydroxylation is 1. The highest BCUT2D eigenvalue weighted by atomic mass is 79.9. The molecule has 1 heteroatoms. The largest absolute Gasteiger partial charge is 0.0613 e. The third kappa shape index (κ3) is 2.10. The molecular formula is C11H14Br. The van der Waals surface area contributed by atoms with Crippen LogP contribution < -0.4 is 0 Å². The van der Waals surface area contributed by atoms with Gasteiger partial charge < -0.3 is 0 Å². The Morgan fingerprint density at radius 2 is 2.00 bits per heavy atom. The summed E-state index contributed by atoms with van der Waals surface area (Å²) < 4.78 is 1.23. The van der Waals surface area contributed by atoms with Gasteiger partial charge >= 0.3 is 0 Å². The average molecular weight is 226 g/mol. The molecule has 1 aromatic carbocycles. The van der Waals surface area contributed by atoms with Crippen LogP contribution in [0.2, 0.25) is 0 Å². The molecule has 1 rings (SSSR count). The number of halogens is 1. The SMILES string of the molecule is CCc1ccc([C](C)C)cc1Br. The van der Waals surface area contributed by atoms with Gasteiger partial charge in [0.25, 0.3) is 0 Å². The normalized spacial score (nSPS) is 10.8. The summed E-state index contributed by atoms with van der Waals surface area (Å²) in [6, 6.07) is 6.56. The van der Waals surface area contributed by atoms with E-state index >= 15 is 0 Å². The van der Waals surface area contributed by atoms with Gasteiger partial charge in [0.15, 0.2) is 0 Å². The summed E-state index contributed by atoms with van der Waals surface area (Å²) in [4.78, 5) is 0. The maximum absolute atomic E-state index is 3.56. The zero-order valence-electron chi connectivity index (χ0n) is 7.82. The topological polar surface area (TPSA) is 0 Å². The summed E-state index contributed by atoms with van der Waals surface area (Å²) in [5, 5.41) is 0. The van der Waals surface area contributed by atoms with Gasteiger partial charge in [0.05, 0.1) is 0 Å². The lowest BCUT2D eigenvalue weighted by molar-refractivity contribution is 1.10. The standard InChI is InChI=1S/C11H14Br/c1-4-9-5-6-10(8(2)3)7-11(9)12/h5-7H,4H2,1-3H3. The predicted molar refractivity (Wildman–Crippen MR) is 57.2 cm³/mol. The Morgan fingerprint density at radius 3 is 2.42 bits per heavy atom. The van der Waals surface area contributed by atoms with Crippen LogP contribution in [0.3, 0.4) is 0 Å². The highest BCUT2D eigenvalue weighted by Crippen LogP contribution is 2.22. The van der Waals surface area contributed by atoms with Gasteiger partial charge in [-0.25, -0.2) is 0 Å². The van der Waals surface area contributed by atoms with E-state index in [2.05, 4.69) is 54.9 Å². The quantitative estimate of drug-likeness (QED) is 0.715. The van der Waals surface area contributed by atoms with Crippen LogP contribution in [-0.4, -0.2) is 0 Å². The summed E-state index contributed by atoms with van der Waals surface area (Å²) in [6.45, 7) is 6.43. The molecule has 0 bridgehead atoms. The van der Waals surface area contributed by atoms with Crippen molar-refractivity contribution >= 4 is 15.9 Å². The van der Waals surface area contributed by atoms with E-state index in [0.29, 0.717) is 0 Å². The molecule has 12 heavy (non-hydrogen) atoms. The van der Waals surface area contributed by atoms with E-state index in [1.165, 1.54) is 21.5 Å². The predicted octanol–water partition coefficient (Wildman–Crippen LogP) is 3.97. The second-order valence-corrected chi connectivity index (χ2v) is 4.01. The molecule has 1 radical (unpaired) electrons. The first kappa shape index (κ1) is 9.79. The van der Waals surface area contributed by atoms with Crippen molar-refractivity contribution in [3.63, 3.8) is 0 Å². The Balaban J connectivity index is 3.02. The van der Waals surface area contributed by atoms with Crippen molar-refractivity contribution in [2.45, 2.75) is 27.2 Å². The molecule has 65 valence electrons. The summed E-state index contributed by atoms with van der Waals surface area (Å²) >= 11 is 3.56. The van der Waals surface area contributed by atoms with Crippen LogP contribution in [0, 0.1) is 5.92 Å². The zero-order chi connectivity index (χ0) is 9.14. The minimum atomic E-state index is 1.09. The van der Waals surface area contributed by atoms with E-state index in [4.69, 9.17) is 0 Å². The number of hydrogen-bond acceptors (Lipinski definition) is 0. The van der Waals surface area contributed by atoms with Crippen molar-refractivity contribution in [1.29, 1.82) is 0 Å². The molecule has 0 heterocycles. The van der Waals surface area contributed by atoms with Crippen LogP contribution in [0.1, 0.15) is 31.9 Å². The third-order valence-corrected chi connectivity index (χ3v) is 2.75. The maximum Gasteiger partial charge on any atom is 0.0210 e. The molecular weight excluding hydrogens is 212 g/mol. The van der Waals surface area contributed by atoms with Crippen molar-refractivity contribution in [3.8, 4) is 0 Å². The van der Waals surface area contributed by atoms with Crippen LogP contribution in [0.4, 0.5) is 0 Å². The smallest absolute Gasteiger partial charge is 0.0210 e. The molecule has 0 aliphatic heterocycles. The van der Waals surface area contributed by atoms with E-state index in [-0.39, 0.29) is 0 Å². The maximum atomic E-state index is 3.56. The van der Waals surface area contributed by atoms with Gasteiger partial charge in [-0.15, -0.1) is 0 Å². The Labute approximate surface area is 83.1 Å². The van der Waals surface area contributed by atoms with Gasteiger partial charge in [-0.2, -0.15) is 0 Å². The van der Waals surface area contributed by atoms with Crippen molar-refractivity contribution in [2.75, 3.05) is 0 Å². The first-order chi connectivity index (χ1) is 5.65. The number of benzene rings is 1. The van der Waals surface area contributed by atoms with Gasteiger partial charge in [-0.3, -0.25) is 0 Å². The highest BCUT2D eigenvalue weighted by molar-refractivity contribution is 9.10. The first-order valence-corrected chi connectivity index (χ1v) is 5.03. The fraction of sp³-hybridized carbons (Fsp3) is 0.364. The van der Waals surface area contributed by atoms with Crippen LogP contribution in [-0.2, 0) is 6.42 Å². The average Bonchev–Trinajstić information content (AvgIpc) is 2.04. The summed E-state index contributed by atoms with van der Waals surface area (Å²) in [6.07, 6.45) is 1.09. The van der Waals surface area contributed by atoms with E-state index < -0.39 is 0 Å². The monoisotopic (exact) mass is 225 g/mol. The minimum Gasteiger partial charge on any atom is -0.0613 e. The van der Waals surface area contributed by atoms with Crippen LogP contribution in [0.25, 0.3) is 0 Å². The minimum absolute atomic E-state index is 1.09. The molecule has 0 spiro atoms. The first-order valence-electron chi connectivity index (χ1n) is 4.24. The lowest BCUT2D eigenvalue weighted by atomic mass is 10.0. The second-order valence-electron chi connectivity index (χ2n) is 3.16. The van der Waals surface area contributed by atoms with Gasteiger partial charge in [0, 0.05) is 4.47 Å². The second kappa shape index (κ2) is 4.08. The molecule has 0 nitrogen and oxygen atoms in total. The molecule has 0 saturated carbocycles. The van der Waals surface area contributed by atoms with Gasteiger partial charge in [-0.05, 0) is 29.5 Å². The Bertz CT molecular complexity index is 264. The Hall–Kier alpha value is -0.300. The van der Waals surface area contributed by atoms with Gasteiger partial charge in [0.1, 0.15) is 0 Å². The van der Waals surface area contributed by atoms with E-state index in [1.54, 1.807) is 0 Å². The Morgan fingerprint density at radius 1 is 1.33 bits per heavy atom. The summed E-state index contributed by atoms with van der Waals surface area (Å²) in [5.74, 6) is 1.36. The lowest BCUT2D eigenvalue weighted by Gasteiger charge is -2.07. The molecule has 0 aromatic heterocycles. The lowest BCUT2D eigenvalue weighted by Crippen LogP contribution is -1.90. The third-order valence-electron chi connectivity index (χ3n) is 2.01. The fourth-order valence-corrected chi connectivity index (χ4v) is 1.80. The van der Waals surface area contributed by atoms with Crippen molar-refractivity contribution in [3.05, 3.63) is 39.7 Å². The Kier molecular flexibility index (Phi) is 3.33. The molecule has 0 unspecified atom stereocenters. The molecule has 0 aliphatic carbocycles. The van der Waals surface area contributed by atoms with Crippen molar-refractivity contribution in [2.24, 2.45) is 0 Å². The van der Waals surface area contributed by atoms with Gasteiger partial charge in [0.2, 0.25) is 0 Å².